The van der Waals surface area contributed by atoms with Gasteiger partial charge in [-0.1, -0.05) is 79.4 Å². The molecule has 1 N–H and O–H groups in total. The average molecular weight is 551 g/mol. The number of halogens is 1. The molecule has 0 bridgehead atoms. The van der Waals surface area contributed by atoms with Crippen LogP contribution in [-0.4, -0.2) is 59.2 Å². The molecule has 1 heterocycles. The van der Waals surface area contributed by atoms with Gasteiger partial charge in [-0.15, -0.1) is 0 Å². The summed E-state index contributed by atoms with van der Waals surface area (Å²) in [5.74, 6) is -0.0432. The molecular formula is C31H39ClN4O3. The molecule has 0 radical (unpaired) electrons. The van der Waals surface area contributed by atoms with Crippen LogP contribution in [0.3, 0.4) is 0 Å². The lowest BCUT2D eigenvalue weighted by Gasteiger charge is -2.36. The van der Waals surface area contributed by atoms with Crippen molar-refractivity contribution in [3.8, 4) is 0 Å². The molecule has 0 aliphatic heterocycles. The van der Waals surface area contributed by atoms with Crippen LogP contribution >= 0.6 is 11.6 Å². The van der Waals surface area contributed by atoms with E-state index in [1.165, 1.54) is 6.42 Å². The van der Waals surface area contributed by atoms with E-state index in [9.17, 15) is 9.59 Å². The van der Waals surface area contributed by atoms with E-state index in [1.807, 2.05) is 71.8 Å². The molecule has 1 saturated carbocycles. The molecule has 0 spiro atoms. The number of hydrogen-bond donors (Lipinski definition) is 1. The second kappa shape index (κ2) is 14.8. The van der Waals surface area contributed by atoms with E-state index in [4.69, 9.17) is 16.3 Å². The van der Waals surface area contributed by atoms with Gasteiger partial charge in [-0.2, -0.15) is 0 Å². The molecule has 1 aliphatic carbocycles. The first kappa shape index (κ1) is 28.7. The Hall–Kier alpha value is -3.29. The highest BCUT2D eigenvalue weighted by molar-refractivity contribution is 6.31. The Labute approximate surface area is 236 Å². The molecule has 208 valence electrons. The summed E-state index contributed by atoms with van der Waals surface area (Å²) >= 11 is 6.43. The van der Waals surface area contributed by atoms with Crippen molar-refractivity contribution in [2.75, 3.05) is 26.8 Å². The summed E-state index contributed by atoms with van der Waals surface area (Å²) in [5, 5.41) is 3.69. The fourth-order valence-electron chi connectivity index (χ4n) is 5.14. The standard InChI is InChI=1S/C31H39ClN4O3/c1-39-20-19-35(31(38)33-21-25-11-4-2-5-12-25)24-30(37)36(27-14-6-3-7-15-27)23-28-16-10-18-34(28)22-26-13-8-9-17-29(26)32/h2,4-5,8-13,16-18,27H,3,6-7,14-15,19-24H2,1H3,(H,33,38). The smallest absolute Gasteiger partial charge is 0.318 e. The number of benzene rings is 2. The molecule has 8 heteroatoms. The Morgan fingerprint density at radius 3 is 2.49 bits per heavy atom. The van der Waals surface area contributed by atoms with Gasteiger partial charge in [0.15, 0.2) is 0 Å². The normalized spacial score (nSPS) is 13.7. The topological polar surface area (TPSA) is 66.8 Å². The number of methoxy groups -OCH3 is 1. The van der Waals surface area contributed by atoms with Crippen LogP contribution in [0.4, 0.5) is 4.79 Å². The van der Waals surface area contributed by atoms with E-state index >= 15 is 0 Å². The fourth-order valence-corrected chi connectivity index (χ4v) is 5.33. The largest absolute Gasteiger partial charge is 0.383 e. The lowest BCUT2D eigenvalue weighted by molar-refractivity contribution is -0.135. The van der Waals surface area contributed by atoms with E-state index in [0.717, 1.165) is 47.5 Å². The first-order valence-corrected chi connectivity index (χ1v) is 14.2. The van der Waals surface area contributed by atoms with E-state index in [-0.39, 0.29) is 24.5 Å². The number of nitrogens with zero attached hydrogens (tertiary/aromatic N) is 3. The number of aromatic nitrogens is 1. The van der Waals surface area contributed by atoms with Gasteiger partial charge in [-0.25, -0.2) is 4.79 Å². The third kappa shape index (κ3) is 8.35. The van der Waals surface area contributed by atoms with Gasteiger partial charge in [-0.05, 0) is 42.2 Å². The van der Waals surface area contributed by atoms with E-state index in [0.29, 0.717) is 32.8 Å². The molecule has 1 aliphatic rings. The Morgan fingerprint density at radius 1 is 1.00 bits per heavy atom. The minimum absolute atomic E-state index is 0.00566. The lowest BCUT2D eigenvalue weighted by atomic mass is 9.94. The Morgan fingerprint density at radius 2 is 1.74 bits per heavy atom. The van der Waals surface area contributed by atoms with Crippen LogP contribution in [0.2, 0.25) is 5.02 Å². The van der Waals surface area contributed by atoms with E-state index < -0.39 is 0 Å². The molecule has 4 rings (SSSR count). The molecule has 0 saturated heterocycles. The SMILES string of the molecule is COCCN(CC(=O)N(Cc1cccn1Cc1ccccc1Cl)C1CCCCC1)C(=O)NCc1ccccc1. The van der Waals surface area contributed by atoms with Crippen LogP contribution in [0.1, 0.15) is 48.9 Å². The minimum atomic E-state index is -0.269. The van der Waals surface area contributed by atoms with Crippen molar-refractivity contribution in [3.63, 3.8) is 0 Å². The molecule has 7 nitrogen and oxygen atoms in total. The zero-order valence-corrected chi connectivity index (χ0v) is 23.5. The van der Waals surface area contributed by atoms with Crippen molar-refractivity contribution in [1.29, 1.82) is 0 Å². The monoisotopic (exact) mass is 550 g/mol. The number of rotatable bonds is 12. The van der Waals surface area contributed by atoms with Crippen molar-refractivity contribution in [1.82, 2.24) is 19.7 Å². The van der Waals surface area contributed by atoms with Crippen LogP contribution in [-0.2, 0) is 29.2 Å². The predicted octanol–water partition coefficient (Wildman–Crippen LogP) is 5.71. The maximum Gasteiger partial charge on any atom is 0.318 e. The average Bonchev–Trinajstić information content (AvgIpc) is 3.41. The number of amides is 3. The van der Waals surface area contributed by atoms with Gasteiger partial charge in [-0.3, -0.25) is 4.79 Å². The highest BCUT2D eigenvalue weighted by atomic mass is 35.5. The Bertz CT molecular complexity index is 1190. The number of hydrogen-bond acceptors (Lipinski definition) is 3. The second-order valence-electron chi connectivity index (χ2n) is 10.1. The first-order valence-electron chi connectivity index (χ1n) is 13.8. The van der Waals surface area contributed by atoms with Crippen molar-refractivity contribution in [2.24, 2.45) is 0 Å². The van der Waals surface area contributed by atoms with Crippen LogP contribution in [0.15, 0.2) is 72.9 Å². The number of ether oxygens (including phenoxy) is 1. The summed E-state index contributed by atoms with van der Waals surface area (Å²) in [4.78, 5) is 30.6. The maximum atomic E-state index is 13.9. The predicted molar refractivity (Wildman–Crippen MR) is 155 cm³/mol. The molecule has 1 fully saturated rings. The minimum Gasteiger partial charge on any atom is -0.383 e. The van der Waals surface area contributed by atoms with Crippen molar-refractivity contribution >= 4 is 23.5 Å². The zero-order valence-electron chi connectivity index (χ0n) is 22.7. The molecule has 3 aromatic rings. The number of urea groups is 1. The Balaban J connectivity index is 1.48. The van der Waals surface area contributed by atoms with Crippen molar-refractivity contribution in [3.05, 3.63) is 94.8 Å². The fraction of sp³-hybridized carbons (Fsp3) is 0.419. The maximum absolute atomic E-state index is 13.9. The van der Waals surface area contributed by atoms with Gasteiger partial charge in [0.2, 0.25) is 5.91 Å². The van der Waals surface area contributed by atoms with Gasteiger partial charge in [0.1, 0.15) is 6.54 Å². The summed E-state index contributed by atoms with van der Waals surface area (Å²) in [6, 6.07) is 21.6. The number of carbonyl (C=O) groups excluding carboxylic acids is 2. The summed E-state index contributed by atoms with van der Waals surface area (Å²) in [7, 11) is 1.60. The van der Waals surface area contributed by atoms with Crippen LogP contribution in [0, 0.1) is 0 Å². The molecule has 2 aromatic carbocycles. The van der Waals surface area contributed by atoms with Gasteiger partial charge < -0.3 is 24.4 Å². The van der Waals surface area contributed by atoms with Gasteiger partial charge in [0.25, 0.3) is 0 Å². The van der Waals surface area contributed by atoms with E-state index in [1.54, 1.807) is 12.0 Å². The third-order valence-corrected chi connectivity index (χ3v) is 7.72. The number of nitrogens with one attached hydrogen (secondary N) is 1. The first-order chi connectivity index (χ1) is 19.0. The molecule has 3 amide bonds. The summed E-state index contributed by atoms with van der Waals surface area (Å²) in [5.41, 5.74) is 3.09. The van der Waals surface area contributed by atoms with Crippen LogP contribution in [0.5, 0.6) is 0 Å². The van der Waals surface area contributed by atoms with Gasteiger partial charge in [0.05, 0.1) is 13.2 Å². The summed E-state index contributed by atoms with van der Waals surface area (Å²) in [6.07, 6.45) is 7.41. The second-order valence-corrected chi connectivity index (χ2v) is 10.5. The lowest BCUT2D eigenvalue weighted by Crippen LogP contribution is -2.50. The zero-order chi connectivity index (χ0) is 27.5. The summed E-state index contributed by atoms with van der Waals surface area (Å²) in [6.45, 7) is 2.23. The quantitative estimate of drug-likeness (QED) is 0.314. The van der Waals surface area contributed by atoms with Gasteiger partial charge >= 0.3 is 6.03 Å². The summed E-state index contributed by atoms with van der Waals surface area (Å²) < 4.78 is 7.40. The molecule has 0 unspecified atom stereocenters. The van der Waals surface area contributed by atoms with E-state index in [2.05, 4.69) is 16.0 Å². The van der Waals surface area contributed by atoms with Gasteiger partial charge in [0, 0.05) is 49.7 Å². The van der Waals surface area contributed by atoms with Crippen molar-refractivity contribution < 1.29 is 14.3 Å². The van der Waals surface area contributed by atoms with Crippen molar-refractivity contribution in [2.45, 2.75) is 57.8 Å². The molecule has 1 aromatic heterocycles. The Kier molecular flexibility index (Phi) is 10.9. The molecule has 0 atom stereocenters. The highest BCUT2D eigenvalue weighted by Crippen LogP contribution is 2.25. The highest BCUT2D eigenvalue weighted by Gasteiger charge is 2.29. The number of carbonyl (C=O) groups is 2. The van der Waals surface area contributed by atoms with Crippen LogP contribution in [0.25, 0.3) is 0 Å². The van der Waals surface area contributed by atoms with Crippen LogP contribution < -0.4 is 5.32 Å². The molecule has 39 heavy (non-hydrogen) atoms. The third-order valence-electron chi connectivity index (χ3n) is 7.36. The molecular weight excluding hydrogens is 512 g/mol.